The van der Waals surface area contributed by atoms with Gasteiger partial charge in [0, 0.05) is 5.56 Å². The van der Waals surface area contributed by atoms with Crippen molar-refractivity contribution in [3.63, 3.8) is 0 Å². The first kappa shape index (κ1) is 22.7. The number of likely N-dealkylation sites (tertiary alicyclic amines) is 1. The van der Waals surface area contributed by atoms with Crippen LogP contribution in [0.25, 0.3) is 0 Å². The minimum atomic E-state index is -0.658. The van der Waals surface area contributed by atoms with Crippen molar-refractivity contribution in [2.45, 2.75) is 32.2 Å². The molecule has 2 aromatic rings. The van der Waals surface area contributed by atoms with E-state index in [4.69, 9.17) is 9.47 Å². The molecule has 1 atom stereocenters. The van der Waals surface area contributed by atoms with Crippen LogP contribution in [-0.2, 0) is 14.3 Å². The number of hydrogen-bond donors (Lipinski definition) is 0. The molecule has 2 fully saturated rings. The Morgan fingerprint density at radius 2 is 1.58 bits per heavy atom. The Bertz CT molecular complexity index is 1040. The number of ketones is 1. The van der Waals surface area contributed by atoms with E-state index in [0.717, 1.165) is 25.9 Å². The minimum absolute atomic E-state index is 0.177. The average Bonchev–Trinajstić information content (AvgIpc) is 3.46. The summed E-state index contributed by atoms with van der Waals surface area (Å²) in [6, 6.07) is 12.3. The summed E-state index contributed by atoms with van der Waals surface area (Å²) in [6.45, 7) is 3.67. The highest BCUT2D eigenvalue weighted by Crippen LogP contribution is 2.28. The van der Waals surface area contributed by atoms with Gasteiger partial charge in [-0.2, -0.15) is 0 Å². The quantitative estimate of drug-likeness (QED) is 0.347. The smallest absolute Gasteiger partial charge is 0.338 e. The van der Waals surface area contributed by atoms with Gasteiger partial charge in [0.2, 0.25) is 5.91 Å². The van der Waals surface area contributed by atoms with Crippen LogP contribution in [0.3, 0.4) is 0 Å². The van der Waals surface area contributed by atoms with Gasteiger partial charge in [-0.3, -0.25) is 19.3 Å². The molecule has 0 bridgehead atoms. The second-order valence-corrected chi connectivity index (χ2v) is 8.03. The molecule has 2 heterocycles. The van der Waals surface area contributed by atoms with E-state index in [1.54, 1.807) is 36.4 Å². The molecule has 2 amide bonds. The fourth-order valence-electron chi connectivity index (χ4n) is 4.17. The van der Waals surface area contributed by atoms with E-state index >= 15 is 0 Å². The van der Waals surface area contributed by atoms with Crippen LogP contribution >= 0.6 is 0 Å². The largest absolute Gasteiger partial charge is 0.494 e. The Labute approximate surface area is 192 Å². The predicted octanol–water partition coefficient (Wildman–Crippen LogP) is 2.85. The summed E-state index contributed by atoms with van der Waals surface area (Å²) in [4.78, 5) is 53.2. The summed E-state index contributed by atoms with van der Waals surface area (Å²) in [5.41, 5.74) is 1.07. The summed E-state index contributed by atoms with van der Waals surface area (Å²) in [5.74, 6) is -0.793. The Morgan fingerprint density at radius 1 is 0.939 bits per heavy atom. The van der Waals surface area contributed by atoms with Crippen LogP contribution in [-0.4, -0.2) is 60.8 Å². The van der Waals surface area contributed by atoms with Gasteiger partial charge in [-0.1, -0.05) is 0 Å². The number of imide groups is 1. The zero-order valence-corrected chi connectivity index (χ0v) is 18.5. The van der Waals surface area contributed by atoms with E-state index in [1.807, 2.05) is 6.92 Å². The molecule has 2 saturated heterocycles. The second kappa shape index (κ2) is 9.95. The van der Waals surface area contributed by atoms with Crippen molar-refractivity contribution in [1.82, 2.24) is 4.90 Å². The monoisotopic (exact) mass is 450 g/mol. The minimum Gasteiger partial charge on any atom is -0.494 e. The molecule has 0 saturated carbocycles. The molecule has 4 rings (SSSR count). The Hall–Kier alpha value is -3.52. The molecule has 0 N–H and O–H groups in total. The van der Waals surface area contributed by atoms with Crippen LogP contribution in [0, 0.1) is 0 Å². The van der Waals surface area contributed by atoms with Crippen LogP contribution < -0.4 is 9.64 Å². The Balaban J connectivity index is 1.34. The highest BCUT2D eigenvalue weighted by atomic mass is 16.5. The first-order valence-corrected chi connectivity index (χ1v) is 11.1. The number of carbonyl (C=O) groups excluding carboxylic acids is 4. The van der Waals surface area contributed by atoms with Crippen LogP contribution in [0.15, 0.2) is 48.5 Å². The van der Waals surface area contributed by atoms with Crippen LogP contribution in [0.5, 0.6) is 5.75 Å². The van der Waals surface area contributed by atoms with E-state index in [9.17, 15) is 19.2 Å². The number of anilines is 1. The highest BCUT2D eigenvalue weighted by molar-refractivity contribution is 6.22. The molecule has 0 aromatic heterocycles. The van der Waals surface area contributed by atoms with Crippen molar-refractivity contribution in [3.05, 3.63) is 59.7 Å². The fourth-order valence-corrected chi connectivity index (χ4v) is 4.17. The Morgan fingerprint density at radius 3 is 2.21 bits per heavy atom. The third-order valence-electron chi connectivity index (χ3n) is 5.89. The van der Waals surface area contributed by atoms with Gasteiger partial charge in [-0.05, 0) is 81.4 Å². The number of nitrogens with zero attached hydrogens (tertiary/aromatic N) is 2. The molecular formula is C25H26N2O6. The summed E-state index contributed by atoms with van der Waals surface area (Å²) in [6.07, 6.45) is 2.25. The van der Waals surface area contributed by atoms with E-state index < -0.39 is 18.6 Å². The van der Waals surface area contributed by atoms with Crippen molar-refractivity contribution in [3.8, 4) is 5.75 Å². The number of hydrogen-bond acceptors (Lipinski definition) is 7. The van der Waals surface area contributed by atoms with Crippen molar-refractivity contribution >= 4 is 29.3 Å². The van der Waals surface area contributed by atoms with Gasteiger partial charge >= 0.3 is 5.97 Å². The summed E-state index contributed by atoms with van der Waals surface area (Å²) >= 11 is 0. The second-order valence-electron chi connectivity index (χ2n) is 8.03. The van der Waals surface area contributed by atoms with Gasteiger partial charge < -0.3 is 9.47 Å². The molecule has 0 aliphatic carbocycles. The molecule has 2 aromatic carbocycles. The average molecular weight is 450 g/mol. The van der Waals surface area contributed by atoms with Crippen LogP contribution in [0.1, 0.15) is 46.9 Å². The van der Waals surface area contributed by atoms with Gasteiger partial charge in [-0.15, -0.1) is 0 Å². The van der Waals surface area contributed by atoms with Crippen molar-refractivity contribution in [2.75, 3.05) is 31.2 Å². The van der Waals surface area contributed by atoms with Crippen molar-refractivity contribution in [2.24, 2.45) is 0 Å². The highest BCUT2D eigenvalue weighted by Gasteiger charge is 2.43. The number of benzene rings is 2. The van der Waals surface area contributed by atoms with Gasteiger partial charge in [0.05, 0.1) is 30.3 Å². The van der Waals surface area contributed by atoms with Gasteiger partial charge in [0.15, 0.2) is 12.4 Å². The number of ether oxygens (including phenoxy) is 2. The normalized spacial score (nSPS) is 18.6. The lowest BCUT2D eigenvalue weighted by molar-refractivity contribution is -0.122. The molecule has 172 valence electrons. The van der Waals surface area contributed by atoms with Gasteiger partial charge in [-0.25, -0.2) is 9.69 Å². The Kier molecular flexibility index (Phi) is 6.84. The first-order chi connectivity index (χ1) is 16.0. The lowest BCUT2D eigenvalue weighted by Gasteiger charge is -2.21. The van der Waals surface area contributed by atoms with Crippen LogP contribution in [0.2, 0.25) is 0 Å². The zero-order valence-electron chi connectivity index (χ0n) is 18.5. The standard InChI is InChI=1S/C25H26N2O6/c1-2-32-20-11-7-17(8-12-20)22(28)16-33-25(31)18-5-9-19(10-6-18)27-23(29)15-21(24(27)30)26-13-3-4-14-26/h5-12,21H,2-4,13-16H2,1H3. The maximum atomic E-state index is 12.8. The van der Waals surface area contributed by atoms with Gasteiger partial charge in [0.1, 0.15) is 5.75 Å². The number of Topliss-reactive ketones (excluding diaryl/α,β-unsaturated/α-hetero) is 1. The number of carbonyl (C=O) groups is 4. The van der Waals surface area contributed by atoms with Gasteiger partial charge in [0.25, 0.3) is 5.91 Å². The molecular weight excluding hydrogens is 424 g/mol. The molecule has 1 unspecified atom stereocenters. The SMILES string of the molecule is CCOc1ccc(C(=O)COC(=O)c2ccc(N3C(=O)CC(N4CCCC4)C3=O)cc2)cc1. The topological polar surface area (TPSA) is 93.2 Å². The maximum absolute atomic E-state index is 12.8. The number of rotatable bonds is 8. The lowest BCUT2D eigenvalue weighted by atomic mass is 10.1. The predicted molar refractivity (Wildman–Crippen MR) is 120 cm³/mol. The fraction of sp³-hybridized carbons (Fsp3) is 0.360. The molecule has 2 aliphatic rings. The van der Waals surface area contributed by atoms with E-state index in [0.29, 0.717) is 23.6 Å². The molecule has 8 nitrogen and oxygen atoms in total. The van der Waals surface area contributed by atoms with Crippen LogP contribution in [0.4, 0.5) is 5.69 Å². The van der Waals surface area contributed by atoms with Crippen molar-refractivity contribution in [1.29, 1.82) is 0 Å². The molecule has 0 radical (unpaired) electrons. The summed E-state index contributed by atoms with van der Waals surface area (Å²) < 4.78 is 10.5. The molecule has 8 heteroatoms. The van der Waals surface area contributed by atoms with E-state index in [-0.39, 0.29) is 29.6 Å². The third kappa shape index (κ3) is 4.96. The zero-order chi connectivity index (χ0) is 23.4. The third-order valence-corrected chi connectivity index (χ3v) is 5.89. The summed E-state index contributed by atoms with van der Waals surface area (Å²) in [7, 11) is 0. The number of amides is 2. The molecule has 0 spiro atoms. The summed E-state index contributed by atoms with van der Waals surface area (Å²) in [5, 5.41) is 0. The maximum Gasteiger partial charge on any atom is 0.338 e. The molecule has 2 aliphatic heterocycles. The molecule has 33 heavy (non-hydrogen) atoms. The number of esters is 1. The lowest BCUT2D eigenvalue weighted by Crippen LogP contribution is -2.40. The van der Waals surface area contributed by atoms with E-state index in [2.05, 4.69) is 4.90 Å². The van der Waals surface area contributed by atoms with Crippen molar-refractivity contribution < 1.29 is 28.7 Å². The first-order valence-electron chi connectivity index (χ1n) is 11.1. The van der Waals surface area contributed by atoms with E-state index in [1.165, 1.54) is 17.0 Å².